The summed E-state index contributed by atoms with van der Waals surface area (Å²) in [5, 5.41) is 14.7. The third kappa shape index (κ3) is 8.53. The Bertz CT molecular complexity index is 1630. The second-order valence-electron chi connectivity index (χ2n) is 11.1. The average Bonchev–Trinajstić information content (AvgIpc) is 3.55. The largest absolute Gasteiger partial charge is 0.392 e. The molecule has 0 saturated carbocycles. The van der Waals surface area contributed by atoms with Crippen LogP contribution in [0.25, 0.3) is 21.8 Å². The Morgan fingerprint density at radius 3 is 2.65 bits per heavy atom. The fraction of sp³-hybridized carbons (Fsp3) is 0.433. The summed E-state index contributed by atoms with van der Waals surface area (Å²) < 4.78 is 61.5. The van der Waals surface area contributed by atoms with Crippen LogP contribution in [0, 0.1) is 24.1 Å². The third-order valence-corrected chi connectivity index (χ3v) is 9.40. The first-order valence-electron chi connectivity index (χ1n) is 14.5. The Morgan fingerprint density at radius 2 is 2.04 bits per heavy atom. The number of hydrogen-bond acceptors (Lipinski definition) is 9. The third-order valence-electron chi connectivity index (χ3n) is 7.16. The van der Waals surface area contributed by atoms with Crippen molar-refractivity contribution in [3.05, 3.63) is 53.2 Å². The van der Waals surface area contributed by atoms with Gasteiger partial charge in [-0.25, -0.2) is 19.0 Å². The molecular weight excluding hydrogens is 647 g/mol. The number of aryl methyl sites for hydroxylation is 1. The molecule has 0 saturated heterocycles. The molecule has 0 aliphatic heterocycles. The molecule has 0 amide bonds. The van der Waals surface area contributed by atoms with Gasteiger partial charge in [-0.1, -0.05) is 43.4 Å². The van der Waals surface area contributed by atoms with Crippen molar-refractivity contribution in [3.8, 4) is 16.3 Å². The second kappa shape index (κ2) is 14.8. The van der Waals surface area contributed by atoms with Gasteiger partial charge in [0.1, 0.15) is 11.9 Å². The van der Waals surface area contributed by atoms with Crippen LogP contribution in [0.1, 0.15) is 67.8 Å². The van der Waals surface area contributed by atoms with Gasteiger partial charge in [-0.2, -0.15) is 23.0 Å². The predicted molar refractivity (Wildman–Crippen MR) is 169 cm³/mol. The lowest BCUT2D eigenvalue weighted by molar-refractivity contribution is -0.175. The first-order chi connectivity index (χ1) is 21.6. The normalized spacial score (nSPS) is 15.8. The lowest BCUT2D eigenvalue weighted by Crippen LogP contribution is -2.36. The SMILES string of the molecule is Cc1nn(-c2nc(C3=CCC(C(F)(F)F)CC3)c(SC(C)C)s2)c(C(=O)OC(=O)[C@@H](N)CCCNC(=N)N)c1-c1cccc(F)c1. The first-order valence-corrected chi connectivity index (χ1v) is 16.2. The van der Waals surface area contributed by atoms with Crippen molar-refractivity contribution in [2.24, 2.45) is 17.4 Å². The lowest BCUT2D eigenvalue weighted by Gasteiger charge is -2.23. The molecule has 0 radical (unpaired) electrons. The van der Waals surface area contributed by atoms with Crippen LogP contribution in [0.2, 0.25) is 0 Å². The zero-order valence-electron chi connectivity index (χ0n) is 25.4. The number of carbonyl (C=O) groups is 2. The summed E-state index contributed by atoms with van der Waals surface area (Å²) in [7, 11) is 0. The van der Waals surface area contributed by atoms with E-state index in [1.54, 1.807) is 19.1 Å². The molecule has 2 heterocycles. The molecule has 1 aliphatic rings. The van der Waals surface area contributed by atoms with Crippen molar-refractivity contribution in [1.29, 1.82) is 5.41 Å². The summed E-state index contributed by atoms with van der Waals surface area (Å²) in [6.45, 7) is 5.84. The minimum atomic E-state index is -4.29. The first kappa shape index (κ1) is 35.1. The van der Waals surface area contributed by atoms with Gasteiger partial charge >= 0.3 is 18.1 Å². The highest BCUT2D eigenvalue weighted by Gasteiger charge is 2.40. The van der Waals surface area contributed by atoms with E-state index in [1.165, 1.54) is 46.0 Å². The summed E-state index contributed by atoms with van der Waals surface area (Å²) in [5.74, 6) is -4.29. The minimum Gasteiger partial charge on any atom is -0.387 e. The van der Waals surface area contributed by atoms with Crippen LogP contribution in [-0.4, -0.2) is 56.7 Å². The number of hydrogen-bond donors (Lipinski definition) is 4. The fourth-order valence-corrected chi connectivity index (χ4v) is 7.46. The number of nitrogens with one attached hydrogen (secondary N) is 2. The van der Waals surface area contributed by atoms with Crippen molar-refractivity contribution in [1.82, 2.24) is 20.1 Å². The Balaban J connectivity index is 1.74. The van der Waals surface area contributed by atoms with Gasteiger partial charge in [0.15, 0.2) is 11.7 Å². The number of guanidine groups is 1. The van der Waals surface area contributed by atoms with Crippen LogP contribution in [-0.2, 0) is 9.53 Å². The smallest absolute Gasteiger partial charge is 0.387 e. The molecule has 0 fully saturated rings. The van der Waals surface area contributed by atoms with Crippen molar-refractivity contribution in [2.75, 3.05) is 6.54 Å². The number of allylic oxidation sites excluding steroid dienone is 2. The molecule has 16 heteroatoms. The van der Waals surface area contributed by atoms with Gasteiger partial charge in [0.2, 0.25) is 5.13 Å². The molecule has 1 aromatic carbocycles. The molecule has 2 atom stereocenters. The average molecular weight is 682 g/mol. The van der Waals surface area contributed by atoms with E-state index in [-0.39, 0.29) is 59.8 Å². The van der Waals surface area contributed by atoms with E-state index < -0.39 is 35.9 Å². The number of rotatable bonds is 11. The summed E-state index contributed by atoms with van der Waals surface area (Å²) in [6.07, 6.45) is -2.26. The van der Waals surface area contributed by atoms with Crippen LogP contribution in [0.3, 0.4) is 0 Å². The van der Waals surface area contributed by atoms with Gasteiger partial charge in [0.25, 0.3) is 0 Å². The molecule has 1 unspecified atom stereocenters. The quantitative estimate of drug-likeness (QED) is 0.0364. The molecule has 0 bridgehead atoms. The van der Waals surface area contributed by atoms with Gasteiger partial charge in [-0.15, -0.1) is 11.8 Å². The van der Waals surface area contributed by atoms with E-state index in [0.717, 1.165) is 4.21 Å². The van der Waals surface area contributed by atoms with Gasteiger partial charge in [0.05, 0.1) is 21.5 Å². The highest BCUT2D eigenvalue weighted by molar-refractivity contribution is 8.01. The second-order valence-corrected chi connectivity index (χ2v) is 13.9. The number of nitrogens with zero attached hydrogens (tertiary/aromatic N) is 3. The van der Waals surface area contributed by atoms with E-state index >= 15 is 0 Å². The molecule has 0 spiro atoms. The number of aromatic nitrogens is 3. The van der Waals surface area contributed by atoms with Gasteiger partial charge in [-0.3, -0.25) is 5.41 Å². The van der Waals surface area contributed by atoms with Gasteiger partial charge < -0.3 is 21.5 Å². The van der Waals surface area contributed by atoms with E-state index in [9.17, 15) is 27.2 Å². The number of nitrogens with two attached hydrogens (primary N) is 2. The van der Waals surface area contributed by atoms with E-state index in [2.05, 4.69) is 10.4 Å². The summed E-state index contributed by atoms with van der Waals surface area (Å²) in [5.41, 5.74) is 13.1. The maximum atomic E-state index is 14.3. The summed E-state index contributed by atoms with van der Waals surface area (Å²) >= 11 is 2.68. The molecule has 6 N–H and O–H groups in total. The number of carbonyl (C=O) groups excluding carboxylic acids is 2. The molecule has 1 aliphatic carbocycles. The highest BCUT2D eigenvalue weighted by Crippen LogP contribution is 2.44. The minimum absolute atomic E-state index is 0.0661. The monoisotopic (exact) mass is 681 g/mol. The maximum Gasteiger partial charge on any atom is 0.392 e. The van der Waals surface area contributed by atoms with Crippen molar-refractivity contribution < 1.29 is 31.9 Å². The van der Waals surface area contributed by atoms with Crippen LogP contribution >= 0.6 is 23.1 Å². The number of ether oxygens (including phenoxy) is 1. The molecule has 2 aromatic heterocycles. The van der Waals surface area contributed by atoms with Crippen molar-refractivity contribution >= 4 is 46.6 Å². The van der Waals surface area contributed by atoms with Crippen LogP contribution in [0.4, 0.5) is 17.6 Å². The Kier molecular flexibility index (Phi) is 11.3. The van der Waals surface area contributed by atoms with Gasteiger partial charge in [0, 0.05) is 17.4 Å². The molecule has 10 nitrogen and oxygen atoms in total. The Hall–Kier alpha value is -3.76. The number of thioether (sulfide) groups is 1. The Labute approximate surface area is 271 Å². The molecular formula is C30H35F4N7O3S2. The number of benzene rings is 1. The van der Waals surface area contributed by atoms with Crippen molar-refractivity contribution in [2.45, 2.75) is 74.6 Å². The molecule has 248 valence electrons. The van der Waals surface area contributed by atoms with Crippen molar-refractivity contribution in [3.63, 3.8) is 0 Å². The van der Waals surface area contributed by atoms with Crippen LogP contribution in [0.15, 0.2) is 34.6 Å². The topological polar surface area (TPSA) is 162 Å². The zero-order valence-corrected chi connectivity index (χ0v) is 27.0. The fourth-order valence-electron chi connectivity index (χ4n) is 4.95. The van der Waals surface area contributed by atoms with Gasteiger partial charge in [-0.05, 0) is 62.3 Å². The maximum absolute atomic E-state index is 14.3. The Morgan fingerprint density at radius 1 is 1.30 bits per heavy atom. The standard InChI is InChI=1S/C30H35F4N7O3S2/c1-15(2)45-27-23(17-9-11-19(12-10-17)30(32,33)34)39-29(46-27)41-24(22(16(3)40-41)18-6-4-7-20(31)14-18)26(43)44-25(42)21(35)8-5-13-38-28(36)37/h4,6-7,9,14-15,19,21H,5,8,10-13,35H2,1-3H3,(H4,36,37,38)/t19?,21-/m0/s1. The highest BCUT2D eigenvalue weighted by atomic mass is 32.2. The lowest BCUT2D eigenvalue weighted by atomic mass is 9.88. The molecule has 4 rings (SSSR count). The number of alkyl halides is 3. The zero-order chi connectivity index (χ0) is 33.8. The van der Waals surface area contributed by atoms with Crippen LogP contribution < -0.4 is 16.8 Å². The molecule has 3 aromatic rings. The molecule has 46 heavy (non-hydrogen) atoms. The summed E-state index contributed by atoms with van der Waals surface area (Å²) in [4.78, 5) is 31.3. The van der Waals surface area contributed by atoms with E-state index in [0.29, 0.717) is 28.9 Å². The van der Waals surface area contributed by atoms with Crippen LogP contribution in [0.5, 0.6) is 0 Å². The number of halogens is 4. The summed E-state index contributed by atoms with van der Waals surface area (Å²) in [6, 6.07) is 4.36. The predicted octanol–water partition coefficient (Wildman–Crippen LogP) is 5.96. The number of esters is 2. The van der Waals surface area contributed by atoms with E-state index in [1.807, 2.05) is 13.8 Å². The number of thiazole rings is 1. The van der Waals surface area contributed by atoms with E-state index in [4.69, 9.17) is 26.6 Å².